The molecule has 2 N–H and O–H groups in total. The third-order valence-electron chi connectivity index (χ3n) is 4.34. The van der Waals surface area contributed by atoms with Gasteiger partial charge in [0, 0.05) is 6.20 Å². The molecule has 5 nitrogen and oxygen atoms in total. The zero-order chi connectivity index (χ0) is 25.3. The number of pyridine rings is 1. The van der Waals surface area contributed by atoms with Crippen LogP contribution in [0.3, 0.4) is 0 Å². The lowest BCUT2D eigenvalue weighted by atomic mass is 10.1. The summed E-state index contributed by atoms with van der Waals surface area (Å²) >= 11 is 11.7. The number of alkyl halides is 6. The molecule has 0 aliphatic carbocycles. The Labute approximate surface area is 197 Å². The molecule has 178 valence electrons. The first-order valence-electron chi connectivity index (χ1n) is 9.08. The van der Waals surface area contributed by atoms with Crippen molar-refractivity contribution in [1.82, 2.24) is 4.98 Å². The second-order valence-electron chi connectivity index (χ2n) is 6.73. The summed E-state index contributed by atoms with van der Waals surface area (Å²) in [6.07, 6.45) is -8.34. The Morgan fingerprint density at radius 3 is 1.59 bits per heavy atom. The molecule has 0 aliphatic heterocycles. The number of hydrogen-bond acceptors (Lipinski definition) is 3. The van der Waals surface area contributed by atoms with Crippen LogP contribution in [0, 0.1) is 0 Å². The van der Waals surface area contributed by atoms with Gasteiger partial charge in [0.1, 0.15) is 5.69 Å². The molecule has 0 radical (unpaired) electrons. The summed E-state index contributed by atoms with van der Waals surface area (Å²) in [6.45, 7) is 0. The molecular formula is C21H11Cl2F6N3O2. The fraction of sp³-hybridized carbons (Fsp3) is 0.0952. The van der Waals surface area contributed by atoms with Crippen molar-refractivity contribution in [3.63, 3.8) is 0 Å². The van der Waals surface area contributed by atoms with Crippen molar-refractivity contribution in [2.24, 2.45) is 0 Å². The van der Waals surface area contributed by atoms with Crippen LogP contribution in [0.15, 0.2) is 54.7 Å². The molecule has 13 heteroatoms. The quantitative estimate of drug-likeness (QED) is 0.365. The number of benzene rings is 2. The fourth-order valence-electron chi connectivity index (χ4n) is 2.64. The minimum absolute atomic E-state index is 0.123. The van der Waals surface area contributed by atoms with Gasteiger partial charge in [-0.25, -0.2) is 0 Å². The predicted octanol–water partition coefficient (Wildman–Crippen LogP) is 6.93. The van der Waals surface area contributed by atoms with Crippen LogP contribution in [0.2, 0.25) is 10.0 Å². The normalized spacial score (nSPS) is 11.8. The molecule has 1 aromatic heterocycles. The summed E-state index contributed by atoms with van der Waals surface area (Å²) in [4.78, 5) is 28.5. The van der Waals surface area contributed by atoms with E-state index < -0.39 is 35.3 Å². The van der Waals surface area contributed by atoms with Crippen molar-refractivity contribution in [2.45, 2.75) is 12.4 Å². The average molecular weight is 522 g/mol. The number of nitrogens with zero attached hydrogens (tertiary/aromatic N) is 1. The van der Waals surface area contributed by atoms with Crippen molar-refractivity contribution in [3.8, 4) is 0 Å². The Morgan fingerprint density at radius 2 is 1.18 bits per heavy atom. The number of aromatic nitrogens is 1. The molecule has 0 fully saturated rings. The van der Waals surface area contributed by atoms with Crippen LogP contribution in [0.5, 0.6) is 0 Å². The van der Waals surface area contributed by atoms with Gasteiger partial charge in [-0.2, -0.15) is 26.3 Å². The molecule has 0 atom stereocenters. The molecule has 2 amide bonds. The van der Waals surface area contributed by atoms with E-state index in [1.807, 2.05) is 0 Å². The van der Waals surface area contributed by atoms with E-state index >= 15 is 0 Å². The number of nitrogens with one attached hydrogen (secondary N) is 2. The standard InChI is InChI=1S/C21H11Cl2F6N3O2/c22-13-4-2-11(20(24,25)26)7-16(13)31-18(33)10-1-6-15(30-9-10)19(34)32-17-8-12(21(27,28)29)3-5-14(17)23/h1-9H,(H,31,33)(H,32,34). The van der Waals surface area contributed by atoms with Crippen molar-refractivity contribution in [3.05, 3.63) is 87.2 Å². The molecule has 0 bridgehead atoms. The number of carbonyl (C=O) groups is 2. The lowest BCUT2D eigenvalue weighted by Crippen LogP contribution is -2.17. The molecule has 0 aliphatic rings. The second kappa shape index (κ2) is 9.51. The largest absolute Gasteiger partial charge is 0.416 e. The van der Waals surface area contributed by atoms with Crippen molar-refractivity contribution < 1.29 is 35.9 Å². The van der Waals surface area contributed by atoms with Crippen molar-refractivity contribution >= 4 is 46.4 Å². The summed E-state index contributed by atoms with van der Waals surface area (Å²) < 4.78 is 77.2. The van der Waals surface area contributed by atoms with Crippen LogP contribution < -0.4 is 10.6 Å². The van der Waals surface area contributed by atoms with Gasteiger partial charge in [0.05, 0.1) is 38.1 Å². The summed E-state index contributed by atoms with van der Waals surface area (Å²) in [6, 6.07) is 7.01. The Balaban J connectivity index is 1.74. The molecule has 0 unspecified atom stereocenters. The molecule has 0 spiro atoms. The van der Waals surface area contributed by atoms with Crippen LogP contribution >= 0.6 is 23.2 Å². The third kappa shape index (κ3) is 5.97. The highest BCUT2D eigenvalue weighted by molar-refractivity contribution is 6.34. The lowest BCUT2D eigenvalue weighted by molar-refractivity contribution is -0.138. The van der Waals surface area contributed by atoms with Gasteiger partial charge in [-0.1, -0.05) is 23.2 Å². The predicted molar refractivity (Wildman–Crippen MR) is 113 cm³/mol. The van der Waals surface area contributed by atoms with Crippen LogP contribution in [0.25, 0.3) is 0 Å². The minimum atomic E-state index is -4.65. The smallest absolute Gasteiger partial charge is 0.321 e. The van der Waals surface area contributed by atoms with E-state index in [1.54, 1.807) is 0 Å². The molecule has 2 aromatic carbocycles. The Kier molecular flexibility index (Phi) is 7.08. The molecule has 3 rings (SSSR count). The second-order valence-corrected chi connectivity index (χ2v) is 7.54. The first-order valence-corrected chi connectivity index (χ1v) is 9.83. The monoisotopic (exact) mass is 521 g/mol. The molecule has 0 saturated carbocycles. The first-order chi connectivity index (χ1) is 15.8. The van der Waals surface area contributed by atoms with Gasteiger partial charge in [0.15, 0.2) is 0 Å². The lowest BCUT2D eigenvalue weighted by Gasteiger charge is -2.12. The van der Waals surface area contributed by atoms with Crippen molar-refractivity contribution in [2.75, 3.05) is 10.6 Å². The number of carbonyl (C=O) groups excluding carboxylic acids is 2. The van der Waals surface area contributed by atoms with E-state index in [9.17, 15) is 35.9 Å². The molecule has 34 heavy (non-hydrogen) atoms. The zero-order valence-electron chi connectivity index (χ0n) is 16.5. The summed E-state index contributed by atoms with van der Waals surface area (Å²) in [5, 5.41) is 4.14. The Hall–Kier alpha value is -3.31. The van der Waals surface area contributed by atoms with E-state index in [4.69, 9.17) is 23.2 Å². The van der Waals surface area contributed by atoms with Gasteiger partial charge in [-0.05, 0) is 48.5 Å². The minimum Gasteiger partial charge on any atom is -0.321 e. The molecule has 1 heterocycles. The topological polar surface area (TPSA) is 71.1 Å². The first kappa shape index (κ1) is 25.3. The van der Waals surface area contributed by atoms with Gasteiger partial charge >= 0.3 is 12.4 Å². The highest BCUT2D eigenvalue weighted by Gasteiger charge is 2.32. The highest BCUT2D eigenvalue weighted by Crippen LogP contribution is 2.35. The van der Waals surface area contributed by atoms with Gasteiger partial charge in [0.2, 0.25) is 0 Å². The Morgan fingerprint density at radius 1 is 0.706 bits per heavy atom. The number of hydrogen-bond donors (Lipinski definition) is 2. The third-order valence-corrected chi connectivity index (χ3v) is 5.00. The molecule has 3 aromatic rings. The average Bonchev–Trinajstić information content (AvgIpc) is 2.75. The summed E-state index contributed by atoms with van der Waals surface area (Å²) in [7, 11) is 0. The van der Waals surface area contributed by atoms with Gasteiger partial charge in [-0.15, -0.1) is 0 Å². The number of anilines is 2. The van der Waals surface area contributed by atoms with Gasteiger partial charge in [-0.3, -0.25) is 14.6 Å². The number of amides is 2. The van der Waals surface area contributed by atoms with E-state index in [2.05, 4.69) is 15.6 Å². The summed E-state index contributed by atoms with van der Waals surface area (Å²) in [5.74, 6) is -1.77. The van der Waals surface area contributed by atoms with E-state index in [-0.39, 0.29) is 32.7 Å². The number of halogens is 8. The highest BCUT2D eigenvalue weighted by atomic mass is 35.5. The van der Waals surface area contributed by atoms with E-state index in [1.165, 1.54) is 0 Å². The summed E-state index contributed by atoms with van der Waals surface area (Å²) in [5.41, 5.74) is -3.03. The maximum atomic E-state index is 12.9. The number of rotatable bonds is 4. The van der Waals surface area contributed by atoms with Gasteiger partial charge in [0.25, 0.3) is 11.8 Å². The SMILES string of the molecule is O=C(Nc1cc(C(F)(F)F)ccc1Cl)c1ccc(C(=O)Nc2cc(C(F)(F)F)ccc2Cl)nc1. The van der Waals surface area contributed by atoms with E-state index in [0.717, 1.165) is 42.6 Å². The van der Waals surface area contributed by atoms with Crippen LogP contribution in [-0.4, -0.2) is 16.8 Å². The van der Waals surface area contributed by atoms with Gasteiger partial charge < -0.3 is 10.6 Å². The van der Waals surface area contributed by atoms with Crippen LogP contribution in [0.1, 0.15) is 32.0 Å². The Bertz CT molecular complexity index is 1150. The fourth-order valence-corrected chi connectivity index (χ4v) is 2.97. The maximum Gasteiger partial charge on any atom is 0.416 e. The van der Waals surface area contributed by atoms with Crippen LogP contribution in [0.4, 0.5) is 37.7 Å². The molecular weight excluding hydrogens is 511 g/mol. The zero-order valence-corrected chi connectivity index (χ0v) is 18.0. The molecule has 0 saturated heterocycles. The van der Waals surface area contributed by atoms with Crippen LogP contribution in [-0.2, 0) is 12.4 Å². The van der Waals surface area contributed by atoms with Crippen molar-refractivity contribution in [1.29, 1.82) is 0 Å². The van der Waals surface area contributed by atoms with E-state index in [0.29, 0.717) is 12.1 Å². The maximum absolute atomic E-state index is 12.9.